The fraction of sp³-hybridized carbons (Fsp3) is 0.650. The summed E-state index contributed by atoms with van der Waals surface area (Å²) >= 11 is 0. The van der Waals surface area contributed by atoms with Gasteiger partial charge in [-0.05, 0) is 30.9 Å². The molecule has 0 aromatic carbocycles. The molecule has 1 aromatic rings. The number of fused-ring (bicyclic) bond motifs is 1. The van der Waals surface area contributed by atoms with Crippen LogP contribution in [0.1, 0.15) is 47.3 Å². The lowest BCUT2D eigenvalue weighted by Crippen LogP contribution is -2.41. The van der Waals surface area contributed by atoms with Gasteiger partial charge in [-0.15, -0.1) is 0 Å². The average molecular weight is 388 g/mol. The SMILES string of the molecule is Nc1nc2c(cc1C(=O)N1CCOCC1)CN(C(=O)CC1CCCCO1)CC2. The summed E-state index contributed by atoms with van der Waals surface area (Å²) in [5, 5.41) is 0. The summed E-state index contributed by atoms with van der Waals surface area (Å²) in [7, 11) is 0. The van der Waals surface area contributed by atoms with Gasteiger partial charge in [0, 0.05) is 44.9 Å². The van der Waals surface area contributed by atoms with Crippen LogP contribution in [0.4, 0.5) is 5.82 Å². The smallest absolute Gasteiger partial charge is 0.257 e. The molecule has 3 aliphatic heterocycles. The Morgan fingerprint density at radius 3 is 2.71 bits per heavy atom. The van der Waals surface area contributed by atoms with Crippen molar-refractivity contribution in [2.24, 2.45) is 0 Å². The number of hydrogen-bond donors (Lipinski definition) is 1. The van der Waals surface area contributed by atoms with Gasteiger partial charge >= 0.3 is 0 Å². The number of ether oxygens (including phenoxy) is 2. The second kappa shape index (κ2) is 8.45. The van der Waals surface area contributed by atoms with Crippen LogP contribution in [0.15, 0.2) is 6.07 Å². The molecule has 2 fully saturated rings. The number of anilines is 1. The van der Waals surface area contributed by atoms with Crippen LogP contribution in [0.2, 0.25) is 0 Å². The Morgan fingerprint density at radius 1 is 1.14 bits per heavy atom. The quantitative estimate of drug-likeness (QED) is 0.829. The van der Waals surface area contributed by atoms with Crippen LogP contribution in [0, 0.1) is 0 Å². The molecule has 1 atom stereocenters. The van der Waals surface area contributed by atoms with Crippen molar-refractivity contribution >= 4 is 17.6 Å². The van der Waals surface area contributed by atoms with E-state index in [9.17, 15) is 9.59 Å². The highest BCUT2D eigenvalue weighted by atomic mass is 16.5. The minimum Gasteiger partial charge on any atom is -0.383 e. The van der Waals surface area contributed by atoms with Gasteiger partial charge in [-0.3, -0.25) is 9.59 Å². The van der Waals surface area contributed by atoms with Crippen molar-refractivity contribution in [1.29, 1.82) is 0 Å². The second-order valence-corrected chi connectivity index (χ2v) is 7.69. The molecule has 8 nitrogen and oxygen atoms in total. The summed E-state index contributed by atoms with van der Waals surface area (Å²) in [5.74, 6) is 0.260. The molecule has 2 amide bonds. The molecule has 8 heteroatoms. The van der Waals surface area contributed by atoms with Gasteiger partial charge in [-0.25, -0.2) is 4.98 Å². The van der Waals surface area contributed by atoms with Gasteiger partial charge in [0.25, 0.3) is 5.91 Å². The van der Waals surface area contributed by atoms with Gasteiger partial charge in [0.05, 0.1) is 31.3 Å². The first-order valence-corrected chi connectivity index (χ1v) is 10.2. The van der Waals surface area contributed by atoms with E-state index in [0.717, 1.165) is 37.1 Å². The summed E-state index contributed by atoms with van der Waals surface area (Å²) < 4.78 is 11.0. The molecule has 2 saturated heterocycles. The molecular weight excluding hydrogens is 360 g/mol. The molecule has 0 saturated carbocycles. The van der Waals surface area contributed by atoms with Crippen molar-refractivity contribution in [1.82, 2.24) is 14.8 Å². The Morgan fingerprint density at radius 2 is 1.96 bits per heavy atom. The van der Waals surface area contributed by atoms with E-state index in [1.165, 1.54) is 0 Å². The molecule has 1 unspecified atom stereocenters. The molecule has 152 valence electrons. The molecule has 3 aliphatic rings. The third-order valence-corrected chi connectivity index (χ3v) is 5.76. The van der Waals surface area contributed by atoms with Gasteiger partial charge in [0.15, 0.2) is 0 Å². The number of nitrogen functional groups attached to an aromatic ring is 1. The molecule has 4 rings (SSSR count). The molecule has 4 heterocycles. The van der Waals surface area contributed by atoms with E-state index in [4.69, 9.17) is 15.2 Å². The topological polar surface area (TPSA) is 98.0 Å². The van der Waals surface area contributed by atoms with Gasteiger partial charge in [-0.2, -0.15) is 0 Å². The lowest BCUT2D eigenvalue weighted by atomic mass is 10.0. The number of pyridine rings is 1. The Bertz CT molecular complexity index is 742. The first kappa shape index (κ1) is 19.1. The van der Waals surface area contributed by atoms with E-state index < -0.39 is 0 Å². The molecule has 28 heavy (non-hydrogen) atoms. The Balaban J connectivity index is 1.46. The van der Waals surface area contributed by atoms with Crippen LogP contribution in [0.3, 0.4) is 0 Å². The van der Waals surface area contributed by atoms with E-state index in [2.05, 4.69) is 4.98 Å². The highest BCUT2D eigenvalue weighted by molar-refractivity contribution is 5.98. The summed E-state index contributed by atoms with van der Waals surface area (Å²) in [4.78, 5) is 33.6. The molecule has 2 N–H and O–H groups in total. The molecular formula is C20H28N4O4. The van der Waals surface area contributed by atoms with Crippen molar-refractivity contribution in [3.63, 3.8) is 0 Å². The van der Waals surface area contributed by atoms with E-state index >= 15 is 0 Å². The zero-order chi connectivity index (χ0) is 19.5. The number of hydrogen-bond acceptors (Lipinski definition) is 6. The lowest BCUT2D eigenvalue weighted by Gasteiger charge is -2.31. The number of nitrogens with two attached hydrogens (primary N) is 1. The van der Waals surface area contributed by atoms with Crippen LogP contribution in [-0.4, -0.2) is 72.2 Å². The highest BCUT2D eigenvalue weighted by Gasteiger charge is 2.28. The summed E-state index contributed by atoms with van der Waals surface area (Å²) in [6.07, 6.45) is 4.27. The van der Waals surface area contributed by atoms with Gasteiger partial charge < -0.3 is 25.0 Å². The largest absolute Gasteiger partial charge is 0.383 e. The van der Waals surface area contributed by atoms with Crippen molar-refractivity contribution in [3.05, 3.63) is 22.9 Å². The summed E-state index contributed by atoms with van der Waals surface area (Å²) in [5.41, 5.74) is 8.30. The predicted molar refractivity (Wildman–Crippen MR) is 103 cm³/mol. The van der Waals surface area contributed by atoms with Crippen molar-refractivity contribution in [2.75, 3.05) is 45.2 Å². The summed E-state index contributed by atoms with van der Waals surface area (Å²) in [6.45, 7) is 4.03. The highest BCUT2D eigenvalue weighted by Crippen LogP contribution is 2.25. The normalized spacial score (nSPS) is 22.6. The van der Waals surface area contributed by atoms with E-state index in [-0.39, 0.29) is 23.7 Å². The van der Waals surface area contributed by atoms with Gasteiger partial charge in [0.2, 0.25) is 5.91 Å². The lowest BCUT2D eigenvalue weighted by molar-refractivity contribution is -0.136. The zero-order valence-corrected chi connectivity index (χ0v) is 16.2. The third-order valence-electron chi connectivity index (χ3n) is 5.76. The van der Waals surface area contributed by atoms with Gasteiger partial charge in [-0.1, -0.05) is 0 Å². The zero-order valence-electron chi connectivity index (χ0n) is 16.2. The predicted octanol–water partition coefficient (Wildman–Crippen LogP) is 0.980. The monoisotopic (exact) mass is 388 g/mol. The average Bonchev–Trinajstić information content (AvgIpc) is 2.74. The number of nitrogens with zero attached hydrogens (tertiary/aromatic N) is 3. The Kier molecular flexibility index (Phi) is 5.77. The number of morpholine rings is 1. The number of carbonyl (C=O) groups is 2. The van der Waals surface area contributed by atoms with Crippen LogP contribution in [-0.2, 0) is 27.2 Å². The molecule has 0 radical (unpaired) electrons. The van der Waals surface area contributed by atoms with Crippen LogP contribution < -0.4 is 5.73 Å². The third kappa shape index (κ3) is 4.12. The Labute approximate surface area is 165 Å². The van der Waals surface area contributed by atoms with E-state index in [1.54, 1.807) is 4.90 Å². The maximum Gasteiger partial charge on any atom is 0.257 e. The minimum atomic E-state index is -0.116. The van der Waals surface area contributed by atoms with Crippen molar-refractivity contribution < 1.29 is 19.1 Å². The van der Waals surface area contributed by atoms with Crippen molar-refractivity contribution in [3.8, 4) is 0 Å². The second-order valence-electron chi connectivity index (χ2n) is 7.69. The molecule has 1 aromatic heterocycles. The van der Waals surface area contributed by atoms with Crippen LogP contribution >= 0.6 is 0 Å². The van der Waals surface area contributed by atoms with Crippen molar-refractivity contribution in [2.45, 2.75) is 44.8 Å². The van der Waals surface area contributed by atoms with E-state index in [0.29, 0.717) is 57.8 Å². The van der Waals surface area contributed by atoms with Gasteiger partial charge in [0.1, 0.15) is 5.82 Å². The maximum atomic E-state index is 12.8. The van der Waals surface area contributed by atoms with E-state index in [1.807, 2.05) is 11.0 Å². The molecule has 0 bridgehead atoms. The number of amides is 2. The fourth-order valence-corrected chi connectivity index (χ4v) is 4.10. The number of aromatic nitrogens is 1. The first-order chi connectivity index (χ1) is 13.6. The fourth-order valence-electron chi connectivity index (χ4n) is 4.10. The summed E-state index contributed by atoms with van der Waals surface area (Å²) in [6, 6.07) is 1.83. The number of rotatable bonds is 3. The maximum absolute atomic E-state index is 12.8. The van der Waals surface area contributed by atoms with Crippen LogP contribution in [0.25, 0.3) is 0 Å². The molecule has 0 spiro atoms. The Hall–Kier alpha value is -2.19. The first-order valence-electron chi connectivity index (χ1n) is 10.2. The minimum absolute atomic E-state index is 0.0330. The standard InChI is InChI=1S/C20H28N4O4/c21-19-16(20(26)23-6-9-27-10-7-23)11-14-13-24(5-4-17(14)22-19)18(25)12-15-3-1-2-8-28-15/h11,15H,1-10,12-13H2,(H2,21,22). The van der Waals surface area contributed by atoms with Crippen LogP contribution in [0.5, 0.6) is 0 Å². The molecule has 0 aliphatic carbocycles. The number of carbonyl (C=O) groups excluding carboxylic acids is 2.